The molecule has 0 aromatic heterocycles. The standard InChI is InChI=1S/C22H24O4.C22H36O4.C16H28O4/c1-3-25-21(23)19(15-17-11-7-5-8-12-17)20(22(24)26-4-2)16-18-13-9-6-10-14-18;1-3-25-21(23)19(17-13-9-5-6-10-14-17)20(22(24)26-4-2)18-15-11-7-8-12-16-18;1-7-11(5)13(15(17)19-9-3)14(12(6)8-2)16(18)20-10-4/h5-14H,3-4,15-16H2,1-2H3;17-18H,3-16H2,1-2H3;11-12H,7-10H2,1-6H3/b2*20-19-;14-13-. The summed E-state index contributed by atoms with van der Waals surface area (Å²) in [5.74, 6) is -2.09. The molecule has 0 spiro atoms. The Morgan fingerprint density at radius 2 is 0.653 bits per heavy atom. The van der Waals surface area contributed by atoms with E-state index < -0.39 is 23.9 Å². The van der Waals surface area contributed by atoms with Gasteiger partial charge in [-0.2, -0.15) is 0 Å². The van der Waals surface area contributed by atoms with E-state index in [2.05, 4.69) is 0 Å². The summed E-state index contributed by atoms with van der Waals surface area (Å²) in [6, 6.07) is 19.1. The largest absolute Gasteiger partial charge is 0.463 e. The van der Waals surface area contributed by atoms with Crippen molar-refractivity contribution in [2.24, 2.45) is 23.7 Å². The molecule has 2 fully saturated rings. The molecule has 4 rings (SSSR count). The van der Waals surface area contributed by atoms with E-state index in [1.165, 1.54) is 25.7 Å². The highest BCUT2D eigenvalue weighted by molar-refractivity contribution is 6.02. The first-order chi connectivity index (χ1) is 34.8. The van der Waals surface area contributed by atoms with E-state index in [9.17, 15) is 28.8 Å². The quantitative estimate of drug-likeness (QED) is 0.0476. The van der Waals surface area contributed by atoms with Gasteiger partial charge in [-0.15, -0.1) is 0 Å². The van der Waals surface area contributed by atoms with Gasteiger partial charge in [-0.1, -0.05) is 140 Å². The van der Waals surface area contributed by atoms with Gasteiger partial charge < -0.3 is 28.4 Å². The van der Waals surface area contributed by atoms with Gasteiger partial charge in [-0.3, -0.25) is 0 Å². The zero-order valence-electron chi connectivity index (χ0n) is 45.5. The van der Waals surface area contributed by atoms with Crippen molar-refractivity contribution < 1.29 is 57.2 Å². The van der Waals surface area contributed by atoms with E-state index in [1.54, 1.807) is 27.7 Å². The van der Waals surface area contributed by atoms with Crippen LogP contribution in [0.2, 0.25) is 0 Å². The summed E-state index contributed by atoms with van der Waals surface area (Å²) >= 11 is 0. The number of rotatable bonds is 22. The first-order valence-electron chi connectivity index (χ1n) is 27.1. The molecule has 0 saturated heterocycles. The number of esters is 6. The first kappa shape index (κ1) is 62.6. The Kier molecular flexibility index (Phi) is 31.6. The zero-order chi connectivity index (χ0) is 53.3. The maximum Gasteiger partial charge on any atom is 0.334 e. The lowest BCUT2D eigenvalue weighted by atomic mass is 9.81. The Labute approximate surface area is 432 Å². The van der Waals surface area contributed by atoms with Gasteiger partial charge in [0.15, 0.2) is 0 Å². The van der Waals surface area contributed by atoms with Crippen molar-refractivity contribution in [3.63, 3.8) is 0 Å². The topological polar surface area (TPSA) is 158 Å². The molecule has 2 aromatic rings. The minimum atomic E-state index is -0.477. The minimum Gasteiger partial charge on any atom is -0.463 e. The second-order valence-corrected chi connectivity index (χ2v) is 18.3. The molecule has 0 aliphatic heterocycles. The molecule has 400 valence electrons. The van der Waals surface area contributed by atoms with Gasteiger partial charge in [-0.05, 0) is 115 Å². The molecule has 2 aliphatic rings. The molecule has 2 aliphatic carbocycles. The third-order valence-electron chi connectivity index (χ3n) is 13.2. The molecule has 0 heterocycles. The highest BCUT2D eigenvalue weighted by atomic mass is 16.6. The molecule has 2 saturated carbocycles. The zero-order valence-corrected chi connectivity index (χ0v) is 45.5. The van der Waals surface area contributed by atoms with Gasteiger partial charge in [0.1, 0.15) is 0 Å². The molecule has 2 unspecified atom stereocenters. The second kappa shape index (κ2) is 36.4. The highest BCUT2D eigenvalue weighted by Gasteiger charge is 2.35. The Morgan fingerprint density at radius 1 is 0.389 bits per heavy atom. The monoisotopic (exact) mass is 1000 g/mol. The van der Waals surface area contributed by atoms with Gasteiger partial charge in [0.25, 0.3) is 0 Å². The number of hydrogen-bond donors (Lipinski definition) is 0. The van der Waals surface area contributed by atoms with E-state index in [1.807, 2.05) is 102 Å². The summed E-state index contributed by atoms with van der Waals surface area (Å²) < 4.78 is 31.5. The number of carbonyl (C=O) groups is 6. The van der Waals surface area contributed by atoms with Gasteiger partial charge in [0.05, 0.1) is 73.1 Å². The van der Waals surface area contributed by atoms with Gasteiger partial charge >= 0.3 is 35.8 Å². The lowest BCUT2D eigenvalue weighted by molar-refractivity contribution is -0.143. The van der Waals surface area contributed by atoms with Crippen LogP contribution in [0, 0.1) is 23.7 Å². The molecule has 0 radical (unpaired) electrons. The fourth-order valence-electron chi connectivity index (χ4n) is 9.17. The third-order valence-corrected chi connectivity index (χ3v) is 13.2. The summed E-state index contributed by atoms with van der Waals surface area (Å²) in [6.07, 6.45) is 15.4. The van der Waals surface area contributed by atoms with E-state index >= 15 is 0 Å². The maximum atomic E-state index is 12.9. The predicted molar refractivity (Wildman–Crippen MR) is 282 cm³/mol. The lowest BCUT2D eigenvalue weighted by Crippen LogP contribution is -2.26. The van der Waals surface area contributed by atoms with Crippen molar-refractivity contribution in [2.75, 3.05) is 39.6 Å². The molecule has 2 aromatic carbocycles. The van der Waals surface area contributed by atoms with Crippen molar-refractivity contribution >= 4 is 35.8 Å². The normalized spacial score (nSPS) is 16.0. The molecular weight excluding hydrogens is 913 g/mol. The smallest absolute Gasteiger partial charge is 0.334 e. The van der Waals surface area contributed by atoms with Crippen LogP contribution in [0.5, 0.6) is 0 Å². The predicted octanol–water partition coefficient (Wildman–Crippen LogP) is 12.7. The van der Waals surface area contributed by atoms with Crippen LogP contribution in [0.4, 0.5) is 0 Å². The highest BCUT2D eigenvalue weighted by Crippen LogP contribution is 2.38. The van der Waals surface area contributed by atoms with Crippen molar-refractivity contribution in [1.29, 1.82) is 0 Å². The van der Waals surface area contributed by atoms with Crippen LogP contribution in [0.15, 0.2) is 94.1 Å². The summed E-state index contributed by atoms with van der Waals surface area (Å²) in [4.78, 5) is 75.5. The fraction of sp³-hybridized carbons (Fsp3) is 0.600. The molecular formula is C60H88O12. The van der Waals surface area contributed by atoms with Crippen LogP contribution in [0.25, 0.3) is 0 Å². The Hall–Kier alpha value is -5.52. The SMILES string of the molecule is CCOC(=O)/C(=C(\C(=O)OCC)C(C)CC)C(C)CC.CCOC(=O)/C(=C(\C(=O)OCC)C1CCCCCC1)C1CCCCCC1.CCOC(=O)/C(Cc1ccccc1)=C(/Cc1ccccc1)C(=O)OCC. The molecule has 12 nitrogen and oxygen atoms in total. The van der Waals surface area contributed by atoms with Crippen LogP contribution in [0.1, 0.15) is 170 Å². The maximum absolute atomic E-state index is 12.9. The Bertz CT molecular complexity index is 1890. The fourth-order valence-corrected chi connectivity index (χ4v) is 9.17. The summed E-state index contributed by atoms with van der Waals surface area (Å²) in [6.45, 7) is 20.3. The number of hydrogen-bond acceptors (Lipinski definition) is 12. The summed E-state index contributed by atoms with van der Waals surface area (Å²) in [7, 11) is 0. The summed E-state index contributed by atoms with van der Waals surface area (Å²) in [5.41, 5.74) is 4.82. The molecule has 2 atom stereocenters. The van der Waals surface area contributed by atoms with Crippen molar-refractivity contribution in [3.8, 4) is 0 Å². The number of ether oxygens (including phenoxy) is 6. The molecule has 72 heavy (non-hydrogen) atoms. The lowest BCUT2D eigenvalue weighted by Gasteiger charge is -2.25. The van der Waals surface area contributed by atoms with Crippen molar-refractivity contribution in [3.05, 3.63) is 105 Å². The van der Waals surface area contributed by atoms with Crippen LogP contribution in [-0.4, -0.2) is 75.5 Å². The molecule has 0 N–H and O–H groups in total. The van der Waals surface area contributed by atoms with Crippen LogP contribution in [-0.2, 0) is 70.0 Å². The third kappa shape index (κ3) is 21.3. The van der Waals surface area contributed by atoms with Crippen LogP contribution in [0.3, 0.4) is 0 Å². The Morgan fingerprint density at radius 3 is 0.917 bits per heavy atom. The van der Waals surface area contributed by atoms with Crippen LogP contribution >= 0.6 is 0 Å². The summed E-state index contributed by atoms with van der Waals surface area (Å²) in [5, 5.41) is 0. The number of benzene rings is 2. The molecule has 12 heteroatoms. The van der Waals surface area contributed by atoms with Gasteiger partial charge in [0, 0.05) is 12.8 Å². The average Bonchev–Trinajstić information content (AvgIpc) is 3.83. The first-order valence-corrected chi connectivity index (χ1v) is 27.1. The Balaban J connectivity index is 0.000000375. The van der Waals surface area contributed by atoms with E-state index in [-0.39, 0.29) is 48.8 Å². The molecule has 0 amide bonds. The average molecular weight is 1000 g/mol. The van der Waals surface area contributed by atoms with Gasteiger partial charge in [0.2, 0.25) is 0 Å². The van der Waals surface area contributed by atoms with E-state index in [4.69, 9.17) is 28.4 Å². The second-order valence-electron chi connectivity index (χ2n) is 18.3. The minimum absolute atomic E-state index is 0.0255. The van der Waals surface area contributed by atoms with Gasteiger partial charge in [-0.25, -0.2) is 28.8 Å². The van der Waals surface area contributed by atoms with Crippen molar-refractivity contribution in [1.82, 2.24) is 0 Å². The van der Waals surface area contributed by atoms with E-state index in [0.29, 0.717) is 72.7 Å². The number of carbonyl (C=O) groups excluding carboxylic acids is 6. The van der Waals surface area contributed by atoms with E-state index in [0.717, 1.165) is 75.3 Å². The van der Waals surface area contributed by atoms with Crippen LogP contribution < -0.4 is 0 Å². The molecule has 0 bridgehead atoms. The van der Waals surface area contributed by atoms with Crippen molar-refractivity contribution in [2.45, 2.75) is 172 Å².